The second-order valence-corrected chi connectivity index (χ2v) is 4.89. The Morgan fingerprint density at radius 2 is 1.85 bits per heavy atom. The first-order valence-corrected chi connectivity index (χ1v) is 6.78. The molecule has 0 radical (unpaired) electrons. The molecule has 106 valence electrons. The molecule has 0 N–H and O–H groups in total. The summed E-state index contributed by atoms with van der Waals surface area (Å²) in [5, 5.41) is 2.29. The maximum atomic E-state index is 11.1. The molecule has 3 nitrogen and oxygen atoms in total. The van der Waals surface area contributed by atoms with Crippen LogP contribution in [0.3, 0.4) is 0 Å². The SMILES string of the molecule is COc1ccc2ccc(OC)c(CCCC(C)=O)c2c1. The van der Waals surface area contributed by atoms with Gasteiger partial charge in [-0.15, -0.1) is 0 Å². The number of benzene rings is 2. The minimum Gasteiger partial charge on any atom is -0.497 e. The first-order valence-electron chi connectivity index (χ1n) is 6.78. The van der Waals surface area contributed by atoms with E-state index in [-0.39, 0.29) is 5.78 Å². The zero-order chi connectivity index (χ0) is 14.5. The molecule has 0 saturated carbocycles. The fourth-order valence-electron chi connectivity index (χ4n) is 2.43. The van der Waals surface area contributed by atoms with Crippen LogP contribution < -0.4 is 9.47 Å². The molecule has 2 aromatic rings. The number of aryl methyl sites for hydroxylation is 1. The lowest BCUT2D eigenvalue weighted by Gasteiger charge is -2.13. The van der Waals surface area contributed by atoms with E-state index in [2.05, 4.69) is 0 Å². The number of rotatable bonds is 6. The van der Waals surface area contributed by atoms with Crippen molar-refractivity contribution in [3.63, 3.8) is 0 Å². The van der Waals surface area contributed by atoms with E-state index in [1.54, 1.807) is 21.1 Å². The first kappa shape index (κ1) is 14.4. The van der Waals surface area contributed by atoms with Gasteiger partial charge in [0.1, 0.15) is 17.3 Å². The van der Waals surface area contributed by atoms with Crippen molar-refractivity contribution in [2.24, 2.45) is 0 Å². The van der Waals surface area contributed by atoms with E-state index in [1.807, 2.05) is 30.3 Å². The van der Waals surface area contributed by atoms with Crippen molar-refractivity contribution >= 4 is 16.6 Å². The van der Waals surface area contributed by atoms with Gasteiger partial charge < -0.3 is 14.3 Å². The maximum Gasteiger partial charge on any atom is 0.129 e. The molecule has 0 unspecified atom stereocenters. The Labute approximate surface area is 119 Å². The van der Waals surface area contributed by atoms with Gasteiger partial charge in [0.25, 0.3) is 0 Å². The van der Waals surface area contributed by atoms with Crippen molar-refractivity contribution in [1.82, 2.24) is 0 Å². The third-order valence-corrected chi connectivity index (χ3v) is 3.47. The van der Waals surface area contributed by atoms with E-state index in [0.717, 1.165) is 40.7 Å². The topological polar surface area (TPSA) is 35.5 Å². The molecule has 0 aliphatic rings. The molecule has 2 rings (SSSR count). The van der Waals surface area contributed by atoms with E-state index < -0.39 is 0 Å². The fourth-order valence-corrected chi connectivity index (χ4v) is 2.43. The lowest BCUT2D eigenvalue weighted by Crippen LogP contribution is -1.97. The quantitative estimate of drug-likeness (QED) is 0.803. The minimum atomic E-state index is 0.224. The lowest BCUT2D eigenvalue weighted by atomic mass is 9.98. The van der Waals surface area contributed by atoms with E-state index in [1.165, 1.54) is 0 Å². The van der Waals surface area contributed by atoms with Crippen LogP contribution in [-0.4, -0.2) is 20.0 Å². The average Bonchev–Trinajstić information content (AvgIpc) is 2.46. The van der Waals surface area contributed by atoms with Gasteiger partial charge in [0.15, 0.2) is 0 Å². The molecule has 0 atom stereocenters. The lowest BCUT2D eigenvalue weighted by molar-refractivity contribution is -0.117. The van der Waals surface area contributed by atoms with Crippen LogP contribution in [0.4, 0.5) is 0 Å². The highest BCUT2D eigenvalue weighted by molar-refractivity contribution is 5.89. The maximum absolute atomic E-state index is 11.1. The molecule has 0 spiro atoms. The van der Waals surface area contributed by atoms with Crippen molar-refractivity contribution in [3.8, 4) is 11.5 Å². The van der Waals surface area contributed by atoms with Gasteiger partial charge in [-0.3, -0.25) is 0 Å². The molecule has 3 heteroatoms. The van der Waals surface area contributed by atoms with Crippen molar-refractivity contribution in [1.29, 1.82) is 0 Å². The molecule has 0 aliphatic heterocycles. The Kier molecular flexibility index (Phi) is 4.61. The van der Waals surface area contributed by atoms with Crippen molar-refractivity contribution in [2.45, 2.75) is 26.2 Å². The van der Waals surface area contributed by atoms with Gasteiger partial charge in [0.05, 0.1) is 14.2 Å². The number of ketones is 1. The summed E-state index contributed by atoms with van der Waals surface area (Å²) >= 11 is 0. The fraction of sp³-hybridized carbons (Fsp3) is 0.353. The summed E-state index contributed by atoms with van der Waals surface area (Å²) < 4.78 is 10.8. The van der Waals surface area contributed by atoms with Gasteiger partial charge in [0.2, 0.25) is 0 Å². The third-order valence-electron chi connectivity index (χ3n) is 3.47. The molecule has 0 aromatic heterocycles. The summed E-state index contributed by atoms with van der Waals surface area (Å²) in [6.07, 6.45) is 2.26. The molecule has 0 heterocycles. The van der Waals surface area contributed by atoms with Crippen LogP contribution in [-0.2, 0) is 11.2 Å². The molecule has 0 amide bonds. The molecular formula is C17H20O3. The van der Waals surface area contributed by atoms with E-state index in [9.17, 15) is 4.79 Å². The summed E-state index contributed by atoms with van der Waals surface area (Å²) in [6.45, 7) is 1.63. The van der Waals surface area contributed by atoms with Gasteiger partial charge in [-0.05, 0) is 48.7 Å². The van der Waals surface area contributed by atoms with Gasteiger partial charge in [0, 0.05) is 12.0 Å². The monoisotopic (exact) mass is 272 g/mol. The van der Waals surface area contributed by atoms with Gasteiger partial charge >= 0.3 is 0 Å². The number of ether oxygens (including phenoxy) is 2. The largest absolute Gasteiger partial charge is 0.497 e. The normalized spacial score (nSPS) is 10.6. The second kappa shape index (κ2) is 6.42. The van der Waals surface area contributed by atoms with E-state index in [4.69, 9.17) is 9.47 Å². The first-order chi connectivity index (χ1) is 9.65. The van der Waals surface area contributed by atoms with E-state index >= 15 is 0 Å². The van der Waals surface area contributed by atoms with Crippen LogP contribution in [0.5, 0.6) is 11.5 Å². The number of Topliss-reactive ketones (excluding diaryl/α,β-unsaturated/α-hetero) is 1. The Morgan fingerprint density at radius 3 is 2.50 bits per heavy atom. The second-order valence-electron chi connectivity index (χ2n) is 4.89. The smallest absolute Gasteiger partial charge is 0.129 e. The summed E-state index contributed by atoms with van der Waals surface area (Å²) in [5.74, 6) is 1.93. The number of methoxy groups -OCH3 is 2. The summed E-state index contributed by atoms with van der Waals surface area (Å²) in [5.41, 5.74) is 1.14. The molecule has 0 aliphatic carbocycles. The van der Waals surface area contributed by atoms with Crippen LogP contribution in [0.25, 0.3) is 10.8 Å². The molecule has 0 fully saturated rings. The molecule has 0 bridgehead atoms. The number of hydrogen-bond acceptors (Lipinski definition) is 3. The Balaban J connectivity index is 2.43. The zero-order valence-corrected chi connectivity index (χ0v) is 12.2. The zero-order valence-electron chi connectivity index (χ0n) is 12.2. The Hall–Kier alpha value is -2.03. The minimum absolute atomic E-state index is 0.224. The number of carbonyl (C=O) groups excluding carboxylic acids is 1. The standard InChI is InChI=1S/C17H20O3/c1-12(18)5-4-6-15-16-11-14(19-2)9-7-13(16)8-10-17(15)20-3/h7-11H,4-6H2,1-3H3. The average molecular weight is 272 g/mol. The van der Waals surface area contributed by atoms with Crippen LogP contribution in [0, 0.1) is 0 Å². The highest BCUT2D eigenvalue weighted by atomic mass is 16.5. The highest BCUT2D eigenvalue weighted by Gasteiger charge is 2.09. The van der Waals surface area contributed by atoms with Crippen LogP contribution in [0.2, 0.25) is 0 Å². The Morgan fingerprint density at radius 1 is 1.10 bits per heavy atom. The van der Waals surface area contributed by atoms with Gasteiger partial charge in [-0.25, -0.2) is 0 Å². The van der Waals surface area contributed by atoms with Gasteiger partial charge in [-0.1, -0.05) is 12.1 Å². The molecule has 20 heavy (non-hydrogen) atoms. The predicted octanol–water partition coefficient (Wildman–Crippen LogP) is 3.77. The summed E-state index contributed by atoms with van der Waals surface area (Å²) in [6, 6.07) is 10.1. The Bertz CT molecular complexity index is 612. The predicted molar refractivity (Wildman–Crippen MR) is 80.7 cm³/mol. The number of carbonyl (C=O) groups is 1. The number of fused-ring (bicyclic) bond motifs is 1. The van der Waals surface area contributed by atoms with Crippen LogP contribution >= 0.6 is 0 Å². The van der Waals surface area contributed by atoms with Gasteiger partial charge in [-0.2, -0.15) is 0 Å². The third kappa shape index (κ3) is 3.10. The molecule has 2 aromatic carbocycles. The summed E-state index contributed by atoms with van der Waals surface area (Å²) in [7, 11) is 3.34. The van der Waals surface area contributed by atoms with E-state index in [0.29, 0.717) is 6.42 Å². The molecular weight excluding hydrogens is 252 g/mol. The van der Waals surface area contributed by atoms with Crippen molar-refractivity contribution < 1.29 is 14.3 Å². The molecule has 0 saturated heterocycles. The van der Waals surface area contributed by atoms with Crippen molar-refractivity contribution in [2.75, 3.05) is 14.2 Å². The van der Waals surface area contributed by atoms with Crippen LogP contribution in [0.1, 0.15) is 25.3 Å². The number of hydrogen-bond donors (Lipinski definition) is 0. The van der Waals surface area contributed by atoms with Crippen molar-refractivity contribution in [3.05, 3.63) is 35.9 Å². The summed E-state index contributed by atoms with van der Waals surface area (Å²) in [4.78, 5) is 11.1. The van der Waals surface area contributed by atoms with Crippen LogP contribution in [0.15, 0.2) is 30.3 Å². The highest BCUT2D eigenvalue weighted by Crippen LogP contribution is 2.31.